The van der Waals surface area contributed by atoms with Crippen LogP contribution >= 0.6 is 23.4 Å². The summed E-state index contributed by atoms with van der Waals surface area (Å²) in [5, 5.41) is 0.671. The lowest BCUT2D eigenvalue weighted by Gasteiger charge is -2.26. The molecule has 5 heteroatoms. The largest absolute Gasteiger partial charge is 0.493 e. The minimum Gasteiger partial charge on any atom is -0.493 e. The van der Waals surface area contributed by atoms with Crippen LogP contribution in [-0.2, 0) is 0 Å². The third-order valence-electron chi connectivity index (χ3n) is 6.03. The van der Waals surface area contributed by atoms with E-state index >= 15 is 0 Å². The molecule has 0 aromatic heterocycles. The number of anilines is 1. The van der Waals surface area contributed by atoms with Crippen LogP contribution in [0.4, 0.5) is 5.69 Å². The summed E-state index contributed by atoms with van der Waals surface area (Å²) in [6.45, 7) is 6.95. The van der Waals surface area contributed by atoms with Gasteiger partial charge in [-0.05, 0) is 84.5 Å². The van der Waals surface area contributed by atoms with Gasteiger partial charge in [-0.2, -0.15) is 0 Å². The van der Waals surface area contributed by atoms with Crippen molar-refractivity contribution in [2.75, 3.05) is 18.1 Å². The van der Waals surface area contributed by atoms with Crippen LogP contribution in [0, 0.1) is 0 Å². The molecule has 34 heavy (non-hydrogen) atoms. The van der Waals surface area contributed by atoms with Crippen molar-refractivity contribution in [3.63, 3.8) is 0 Å². The van der Waals surface area contributed by atoms with Crippen LogP contribution in [0.5, 0.6) is 11.5 Å². The number of nitrogen functional groups attached to an aromatic ring is 1. The summed E-state index contributed by atoms with van der Waals surface area (Å²) in [4.78, 5) is 1.19. The first-order valence-electron chi connectivity index (χ1n) is 12.0. The zero-order chi connectivity index (χ0) is 24.1. The summed E-state index contributed by atoms with van der Waals surface area (Å²) in [7, 11) is 0. The number of nitrogens with two attached hydrogens (primary N) is 1. The standard InChI is InChI=1S/C29H32ClNO2S/c1-4-7-22(5-2)33-23-12-8-19(9-13-23)29-25-15-11-21(31)17-28(25)34-18-26(29)24-14-10-20(30)16-27(24)32-6-3/h8-17,22H,4-7,18,31H2,1-3H3. The molecule has 1 unspecified atom stereocenters. The van der Waals surface area contributed by atoms with E-state index < -0.39 is 0 Å². The van der Waals surface area contributed by atoms with Crippen LogP contribution in [0.15, 0.2) is 65.6 Å². The molecule has 0 saturated heterocycles. The molecule has 3 nitrogen and oxygen atoms in total. The predicted molar refractivity (Wildman–Crippen MR) is 146 cm³/mol. The predicted octanol–water partition coefficient (Wildman–Crippen LogP) is 8.34. The lowest BCUT2D eigenvalue weighted by atomic mass is 9.89. The first-order chi connectivity index (χ1) is 16.5. The average Bonchev–Trinajstić information content (AvgIpc) is 2.84. The van der Waals surface area contributed by atoms with Gasteiger partial charge in [0.05, 0.1) is 12.7 Å². The number of thioether (sulfide) groups is 1. The minimum absolute atomic E-state index is 0.253. The molecular weight excluding hydrogens is 462 g/mol. The third kappa shape index (κ3) is 5.39. The van der Waals surface area contributed by atoms with Crippen molar-refractivity contribution in [1.82, 2.24) is 0 Å². The van der Waals surface area contributed by atoms with Gasteiger partial charge in [-0.25, -0.2) is 0 Å². The molecule has 0 fully saturated rings. The molecule has 1 atom stereocenters. The van der Waals surface area contributed by atoms with E-state index in [9.17, 15) is 0 Å². The number of halogens is 1. The molecule has 2 N–H and O–H groups in total. The van der Waals surface area contributed by atoms with Gasteiger partial charge in [0, 0.05) is 26.9 Å². The Kier molecular flexibility index (Phi) is 8.12. The van der Waals surface area contributed by atoms with Crippen LogP contribution in [-0.4, -0.2) is 18.5 Å². The summed E-state index contributed by atoms with van der Waals surface area (Å²) in [5.74, 6) is 2.54. The van der Waals surface area contributed by atoms with Crippen LogP contribution < -0.4 is 15.2 Å². The summed E-state index contributed by atoms with van der Waals surface area (Å²) < 4.78 is 12.2. The van der Waals surface area contributed by atoms with Crippen LogP contribution in [0.1, 0.15) is 56.7 Å². The monoisotopic (exact) mass is 493 g/mol. The van der Waals surface area contributed by atoms with Crippen molar-refractivity contribution in [2.24, 2.45) is 0 Å². The molecule has 0 aliphatic carbocycles. The van der Waals surface area contributed by atoms with Gasteiger partial charge in [0.2, 0.25) is 0 Å². The fraction of sp³-hybridized carbons (Fsp3) is 0.310. The maximum absolute atomic E-state index is 6.31. The summed E-state index contributed by atoms with van der Waals surface area (Å²) in [6.07, 6.45) is 3.45. The smallest absolute Gasteiger partial charge is 0.128 e. The highest BCUT2D eigenvalue weighted by molar-refractivity contribution is 7.99. The van der Waals surface area contributed by atoms with E-state index in [2.05, 4.69) is 56.3 Å². The van der Waals surface area contributed by atoms with Gasteiger partial charge in [0.25, 0.3) is 0 Å². The second kappa shape index (κ2) is 11.2. The Labute approximate surface area is 212 Å². The van der Waals surface area contributed by atoms with Crippen LogP contribution in [0.2, 0.25) is 5.02 Å². The molecule has 1 aliphatic heterocycles. The molecule has 1 aliphatic rings. The Morgan fingerprint density at radius 3 is 2.44 bits per heavy atom. The molecule has 0 saturated carbocycles. The van der Waals surface area contributed by atoms with E-state index in [1.165, 1.54) is 21.6 Å². The Hall–Kier alpha value is -2.56. The molecule has 0 amide bonds. The Balaban J connectivity index is 1.82. The highest BCUT2D eigenvalue weighted by Crippen LogP contribution is 2.47. The van der Waals surface area contributed by atoms with Gasteiger partial charge < -0.3 is 15.2 Å². The molecule has 0 spiro atoms. The highest BCUT2D eigenvalue weighted by atomic mass is 35.5. The first-order valence-corrected chi connectivity index (χ1v) is 13.4. The van der Waals surface area contributed by atoms with Gasteiger partial charge in [-0.3, -0.25) is 0 Å². The molecule has 4 rings (SSSR count). The summed E-state index contributed by atoms with van der Waals surface area (Å²) in [6, 6.07) is 20.6. The van der Waals surface area contributed by atoms with Crippen molar-refractivity contribution in [1.29, 1.82) is 0 Å². The molecular formula is C29H32ClNO2S. The van der Waals surface area contributed by atoms with Gasteiger partial charge in [0.1, 0.15) is 11.5 Å². The van der Waals surface area contributed by atoms with E-state index in [4.69, 9.17) is 26.8 Å². The summed E-state index contributed by atoms with van der Waals surface area (Å²) >= 11 is 8.11. The van der Waals surface area contributed by atoms with E-state index in [0.717, 1.165) is 53.3 Å². The molecule has 0 radical (unpaired) electrons. The lowest BCUT2D eigenvalue weighted by Crippen LogP contribution is -2.14. The van der Waals surface area contributed by atoms with Crippen LogP contribution in [0.3, 0.4) is 0 Å². The SMILES string of the molecule is CCCC(CC)Oc1ccc(C2=C(c3ccc(Cl)cc3OCC)CSc3cc(N)ccc32)cc1. The maximum atomic E-state index is 6.31. The van der Waals surface area contributed by atoms with Gasteiger partial charge in [0.15, 0.2) is 0 Å². The van der Waals surface area contributed by atoms with Crippen molar-refractivity contribution in [3.8, 4) is 11.5 Å². The maximum Gasteiger partial charge on any atom is 0.128 e. The topological polar surface area (TPSA) is 44.5 Å². The van der Waals surface area contributed by atoms with Crippen molar-refractivity contribution in [2.45, 2.75) is 51.0 Å². The van der Waals surface area contributed by atoms with Gasteiger partial charge in [-0.15, -0.1) is 11.8 Å². The number of hydrogen-bond acceptors (Lipinski definition) is 4. The van der Waals surface area contributed by atoms with Crippen molar-refractivity contribution in [3.05, 3.63) is 82.4 Å². The van der Waals surface area contributed by atoms with Crippen molar-refractivity contribution >= 4 is 40.2 Å². The second-order valence-electron chi connectivity index (χ2n) is 8.43. The zero-order valence-electron chi connectivity index (χ0n) is 20.1. The Morgan fingerprint density at radius 2 is 1.74 bits per heavy atom. The quantitative estimate of drug-likeness (QED) is 0.304. The zero-order valence-corrected chi connectivity index (χ0v) is 21.6. The van der Waals surface area contributed by atoms with E-state index in [-0.39, 0.29) is 6.10 Å². The number of fused-ring (bicyclic) bond motifs is 1. The first kappa shape index (κ1) is 24.6. The second-order valence-corrected chi connectivity index (χ2v) is 9.89. The van der Waals surface area contributed by atoms with E-state index in [0.29, 0.717) is 11.6 Å². The highest BCUT2D eigenvalue weighted by Gasteiger charge is 2.24. The molecule has 3 aromatic rings. The van der Waals surface area contributed by atoms with Gasteiger partial charge in [-0.1, -0.05) is 50.1 Å². The minimum atomic E-state index is 0.253. The van der Waals surface area contributed by atoms with E-state index in [1.54, 1.807) is 11.8 Å². The molecule has 3 aromatic carbocycles. The molecule has 178 valence electrons. The fourth-order valence-corrected chi connectivity index (χ4v) is 5.68. The molecule has 0 bridgehead atoms. The van der Waals surface area contributed by atoms with E-state index in [1.807, 2.05) is 25.1 Å². The molecule has 1 heterocycles. The number of hydrogen-bond donors (Lipinski definition) is 1. The van der Waals surface area contributed by atoms with Gasteiger partial charge >= 0.3 is 0 Å². The normalized spacial score (nSPS) is 14.0. The van der Waals surface area contributed by atoms with Crippen molar-refractivity contribution < 1.29 is 9.47 Å². The summed E-state index contributed by atoms with van der Waals surface area (Å²) in [5.41, 5.74) is 12.7. The average molecular weight is 494 g/mol. The number of benzene rings is 3. The number of ether oxygens (including phenoxy) is 2. The Morgan fingerprint density at radius 1 is 0.971 bits per heavy atom. The fourth-order valence-electron chi connectivity index (χ4n) is 4.37. The third-order valence-corrected chi connectivity index (χ3v) is 7.35. The Bertz CT molecular complexity index is 1170. The lowest BCUT2D eigenvalue weighted by molar-refractivity contribution is 0.186. The number of rotatable bonds is 9. The van der Waals surface area contributed by atoms with Crippen LogP contribution in [0.25, 0.3) is 11.1 Å².